The molecule has 0 aromatic rings. The Morgan fingerprint density at radius 1 is 1.43 bits per heavy atom. The van der Waals surface area contributed by atoms with Gasteiger partial charge in [-0.15, -0.1) is 0 Å². The van der Waals surface area contributed by atoms with Crippen LogP contribution in [-0.2, 0) is 19.2 Å². The van der Waals surface area contributed by atoms with Gasteiger partial charge in [0.05, 0.1) is 13.2 Å². The molecular formula is C7H15N3O4. The molecule has 0 aliphatic carbocycles. The third-order valence-corrected chi connectivity index (χ3v) is 1.17. The molecule has 7 nitrogen and oxygen atoms in total. The fourth-order valence-corrected chi connectivity index (χ4v) is 0.600. The van der Waals surface area contributed by atoms with Crippen molar-refractivity contribution in [2.45, 2.75) is 0 Å². The van der Waals surface area contributed by atoms with Crippen molar-refractivity contribution in [1.82, 2.24) is 10.8 Å². The number of amides is 2. The second kappa shape index (κ2) is 8.42. The number of primary amides is 1. The first-order chi connectivity index (χ1) is 6.66. The first-order valence-corrected chi connectivity index (χ1v) is 4.05. The number of methoxy groups -OCH3 is 1. The first kappa shape index (κ1) is 12.8. The second-order valence-corrected chi connectivity index (χ2v) is 2.45. The molecule has 0 fully saturated rings. The highest BCUT2D eigenvalue weighted by molar-refractivity contribution is 5.78. The molecule has 0 aliphatic rings. The zero-order chi connectivity index (χ0) is 10.8. The minimum absolute atomic E-state index is 0.0993. The minimum Gasteiger partial charge on any atom is -0.383 e. The van der Waals surface area contributed by atoms with Crippen LogP contribution in [0.1, 0.15) is 0 Å². The van der Waals surface area contributed by atoms with E-state index in [9.17, 15) is 9.59 Å². The van der Waals surface area contributed by atoms with Crippen molar-refractivity contribution in [1.29, 1.82) is 0 Å². The molecule has 4 N–H and O–H groups in total. The molecule has 0 aliphatic heterocycles. The average molecular weight is 205 g/mol. The number of hydrogen-bond donors (Lipinski definition) is 3. The van der Waals surface area contributed by atoms with Gasteiger partial charge < -0.3 is 15.8 Å². The molecule has 0 unspecified atom stereocenters. The van der Waals surface area contributed by atoms with Crippen LogP contribution < -0.4 is 16.5 Å². The lowest BCUT2D eigenvalue weighted by molar-refractivity contribution is -0.137. The molecule has 0 rings (SSSR count). The summed E-state index contributed by atoms with van der Waals surface area (Å²) in [5.41, 5.74) is 6.82. The molecule has 0 aromatic carbocycles. The Balaban J connectivity index is 3.24. The van der Waals surface area contributed by atoms with Crippen molar-refractivity contribution in [2.75, 3.05) is 33.4 Å². The van der Waals surface area contributed by atoms with E-state index in [-0.39, 0.29) is 19.1 Å². The van der Waals surface area contributed by atoms with Crippen LogP contribution in [0.15, 0.2) is 0 Å². The number of hydroxylamine groups is 1. The number of carbonyl (C=O) groups excluding carboxylic acids is 2. The van der Waals surface area contributed by atoms with Crippen molar-refractivity contribution in [2.24, 2.45) is 5.73 Å². The van der Waals surface area contributed by atoms with Crippen LogP contribution in [0.3, 0.4) is 0 Å². The topological polar surface area (TPSA) is 103 Å². The summed E-state index contributed by atoms with van der Waals surface area (Å²) in [7, 11) is 1.57. The molecular weight excluding hydrogens is 190 g/mol. The average Bonchev–Trinajstić information content (AvgIpc) is 2.12. The molecule has 7 heteroatoms. The summed E-state index contributed by atoms with van der Waals surface area (Å²) in [6.45, 7) is 0.862. The van der Waals surface area contributed by atoms with Crippen LogP contribution in [-0.4, -0.2) is 45.2 Å². The van der Waals surface area contributed by atoms with Crippen molar-refractivity contribution in [3.63, 3.8) is 0 Å². The number of ether oxygens (including phenoxy) is 1. The monoisotopic (exact) mass is 205 g/mol. The molecule has 0 heterocycles. The Kier molecular flexibility index (Phi) is 7.71. The Morgan fingerprint density at radius 2 is 2.14 bits per heavy atom. The summed E-state index contributed by atoms with van der Waals surface area (Å²) in [4.78, 5) is 25.6. The number of carbonyl (C=O) groups is 2. The van der Waals surface area contributed by atoms with Crippen LogP contribution in [0.2, 0.25) is 0 Å². The predicted octanol–water partition coefficient (Wildman–Crippen LogP) is -2.24. The number of rotatable bonds is 8. The number of hydrogen-bond acceptors (Lipinski definition) is 5. The van der Waals surface area contributed by atoms with E-state index in [1.54, 1.807) is 7.11 Å². The zero-order valence-electron chi connectivity index (χ0n) is 8.04. The number of nitrogens with one attached hydrogen (secondary N) is 2. The Bertz CT molecular complexity index is 186. The molecule has 0 bridgehead atoms. The fourth-order valence-electron chi connectivity index (χ4n) is 0.600. The molecule has 2 amide bonds. The van der Waals surface area contributed by atoms with Crippen LogP contribution >= 0.6 is 0 Å². The smallest absolute Gasteiger partial charge is 0.257 e. The third kappa shape index (κ3) is 8.91. The van der Waals surface area contributed by atoms with Crippen molar-refractivity contribution >= 4 is 11.8 Å². The van der Waals surface area contributed by atoms with Gasteiger partial charge >= 0.3 is 0 Å². The summed E-state index contributed by atoms with van der Waals surface area (Å²) < 4.78 is 4.75. The quantitative estimate of drug-likeness (QED) is 0.307. The van der Waals surface area contributed by atoms with Crippen molar-refractivity contribution < 1.29 is 19.2 Å². The highest BCUT2D eigenvalue weighted by Crippen LogP contribution is 1.69. The standard InChI is InChI=1S/C7H15N3O4/c1-13-3-2-9-4-7(12)10-14-5-6(8)11/h9H,2-5H2,1H3,(H2,8,11)(H,10,12). The maximum absolute atomic E-state index is 10.9. The van der Waals surface area contributed by atoms with E-state index in [0.717, 1.165) is 0 Å². The van der Waals surface area contributed by atoms with E-state index < -0.39 is 5.91 Å². The fraction of sp³-hybridized carbons (Fsp3) is 0.714. The normalized spacial score (nSPS) is 9.79. The van der Waals surface area contributed by atoms with Gasteiger partial charge in [-0.3, -0.25) is 14.4 Å². The highest BCUT2D eigenvalue weighted by Gasteiger charge is 2.00. The first-order valence-electron chi connectivity index (χ1n) is 4.05. The van der Waals surface area contributed by atoms with E-state index in [2.05, 4.69) is 10.2 Å². The lowest BCUT2D eigenvalue weighted by Gasteiger charge is -2.05. The van der Waals surface area contributed by atoms with Crippen LogP contribution in [0.5, 0.6) is 0 Å². The Morgan fingerprint density at radius 3 is 2.71 bits per heavy atom. The Labute approximate surface area is 81.9 Å². The molecule has 14 heavy (non-hydrogen) atoms. The van der Waals surface area contributed by atoms with Gasteiger partial charge in [-0.1, -0.05) is 0 Å². The van der Waals surface area contributed by atoms with Gasteiger partial charge in [0.15, 0.2) is 6.61 Å². The summed E-state index contributed by atoms with van der Waals surface area (Å²) in [6.07, 6.45) is 0. The van der Waals surface area contributed by atoms with Gasteiger partial charge in [-0.25, -0.2) is 5.48 Å². The van der Waals surface area contributed by atoms with Crippen molar-refractivity contribution in [3.05, 3.63) is 0 Å². The lowest BCUT2D eigenvalue weighted by atomic mass is 10.6. The van der Waals surface area contributed by atoms with E-state index in [0.29, 0.717) is 13.2 Å². The maximum atomic E-state index is 10.9. The minimum atomic E-state index is -0.641. The molecule has 0 radical (unpaired) electrons. The lowest BCUT2D eigenvalue weighted by Crippen LogP contribution is -2.36. The van der Waals surface area contributed by atoms with Gasteiger partial charge in [-0.2, -0.15) is 0 Å². The van der Waals surface area contributed by atoms with Crippen LogP contribution in [0.25, 0.3) is 0 Å². The SMILES string of the molecule is COCCNCC(=O)NOCC(N)=O. The summed E-state index contributed by atoms with van der Waals surface area (Å²) >= 11 is 0. The zero-order valence-corrected chi connectivity index (χ0v) is 8.04. The van der Waals surface area contributed by atoms with Gasteiger partial charge in [0.2, 0.25) is 5.91 Å². The molecule has 0 spiro atoms. The van der Waals surface area contributed by atoms with Gasteiger partial charge in [-0.05, 0) is 0 Å². The summed E-state index contributed by atoms with van der Waals surface area (Å²) in [5, 5.41) is 2.79. The highest BCUT2D eigenvalue weighted by atomic mass is 16.7. The molecule has 0 aromatic heterocycles. The van der Waals surface area contributed by atoms with E-state index in [4.69, 9.17) is 10.5 Å². The van der Waals surface area contributed by atoms with Gasteiger partial charge in [0, 0.05) is 13.7 Å². The van der Waals surface area contributed by atoms with Gasteiger partial charge in [0.25, 0.3) is 5.91 Å². The van der Waals surface area contributed by atoms with Crippen LogP contribution in [0.4, 0.5) is 0 Å². The van der Waals surface area contributed by atoms with Crippen LogP contribution in [0, 0.1) is 0 Å². The summed E-state index contributed by atoms with van der Waals surface area (Å²) in [5.74, 6) is -1.01. The van der Waals surface area contributed by atoms with E-state index in [1.807, 2.05) is 5.48 Å². The van der Waals surface area contributed by atoms with Gasteiger partial charge in [0.1, 0.15) is 0 Å². The molecule has 0 atom stereocenters. The third-order valence-electron chi connectivity index (χ3n) is 1.17. The largest absolute Gasteiger partial charge is 0.383 e. The summed E-state index contributed by atoms with van der Waals surface area (Å²) in [6, 6.07) is 0. The predicted molar refractivity (Wildman–Crippen MR) is 48.0 cm³/mol. The second-order valence-electron chi connectivity index (χ2n) is 2.45. The van der Waals surface area contributed by atoms with E-state index in [1.165, 1.54) is 0 Å². The van der Waals surface area contributed by atoms with Crippen molar-refractivity contribution in [3.8, 4) is 0 Å². The maximum Gasteiger partial charge on any atom is 0.257 e. The molecule has 82 valence electrons. The molecule has 0 saturated heterocycles. The van der Waals surface area contributed by atoms with E-state index >= 15 is 0 Å². The Hall–Kier alpha value is -1.18. The molecule has 0 saturated carbocycles. The number of nitrogens with two attached hydrogens (primary N) is 1.